The number of rotatable bonds is 6. The number of carbonyl (C=O) groups is 2. The van der Waals surface area contributed by atoms with E-state index >= 15 is 0 Å². The lowest BCUT2D eigenvalue weighted by atomic mass is 9.99. The Morgan fingerprint density at radius 2 is 1.96 bits per heavy atom. The number of aliphatic carboxylic acids is 1. The summed E-state index contributed by atoms with van der Waals surface area (Å²) in [5.41, 5.74) is -0.213. The molecule has 26 heavy (non-hydrogen) atoms. The number of piperidine rings is 1. The van der Waals surface area contributed by atoms with E-state index in [1.165, 1.54) is 4.90 Å². The summed E-state index contributed by atoms with van der Waals surface area (Å²) in [6.07, 6.45) is 1.08. The van der Waals surface area contributed by atoms with Gasteiger partial charge in [0, 0.05) is 31.8 Å². The Labute approximate surface area is 149 Å². The van der Waals surface area contributed by atoms with Gasteiger partial charge in [-0.2, -0.15) is 0 Å². The molecule has 1 aliphatic rings. The smallest absolute Gasteiger partial charge is 0.317 e. The monoisotopic (exact) mass is 385 g/mol. The van der Waals surface area contributed by atoms with E-state index < -0.39 is 32.7 Å². The van der Waals surface area contributed by atoms with Crippen molar-refractivity contribution in [3.8, 4) is 0 Å². The molecule has 1 fully saturated rings. The highest BCUT2D eigenvalue weighted by molar-refractivity contribution is 7.91. The lowest BCUT2D eigenvalue weighted by Crippen LogP contribution is -2.47. The van der Waals surface area contributed by atoms with Crippen LogP contribution in [0.4, 0.5) is 10.5 Å². The van der Waals surface area contributed by atoms with Crippen LogP contribution in [-0.4, -0.2) is 60.7 Å². The van der Waals surface area contributed by atoms with E-state index in [2.05, 4.69) is 5.32 Å². The van der Waals surface area contributed by atoms with E-state index in [0.29, 0.717) is 19.4 Å². The number of urea groups is 1. The maximum atomic E-state index is 12.2. The number of sulfone groups is 1. The molecule has 0 aliphatic carbocycles. The van der Waals surface area contributed by atoms with Crippen molar-refractivity contribution in [3.63, 3.8) is 0 Å². The lowest BCUT2D eigenvalue weighted by Gasteiger charge is -2.30. The van der Waals surface area contributed by atoms with Gasteiger partial charge in [0.15, 0.2) is 9.84 Å². The van der Waals surface area contributed by atoms with Gasteiger partial charge in [0.1, 0.15) is 0 Å². The first-order valence-electron chi connectivity index (χ1n) is 7.93. The van der Waals surface area contributed by atoms with E-state index in [1.807, 2.05) is 0 Å². The standard InChI is InChI=1S/C15H19N3O7S/c19-14(20)11-2-1-8-17(10-11)15(21)16-7-9-26(24,25)13-5-3-12(4-6-13)18(22)23/h3-6,11H,1-2,7-10H2,(H,16,21)(H,19,20). The molecular formula is C15H19N3O7S. The second kappa shape index (κ2) is 8.13. The minimum absolute atomic E-state index is 0.0683. The van der Waals surface area contributed by atoms with Crippen LogP contribution in [0.5, 0.6) is 0 Å². The van der Waals surface area contributed by atoms with Crippen molar-refractivity contribution >= 4 is 27.5 Å². The van der Waals surface area contributed by atoms with Crippen LogP contribution in [0.2, 0.25) is 0 Å². The molecule has 1 aromatic carbocycles. The van der Waals surface area contributed by atoms with Crippen LogP contribution in [0.1, 0.15) is 12.8 Å². The van der Waals surface area contributed by atoms with E-state index in [-0.39, 0.29) is 29.4 Å². The van der Waals surface area contributed by atoms with E-state index in [0.717, 1.165) is 24.3 Å². The second-order valence-corrected chi connectivity index (χ2v) is 8.03. The fraction of sp³-hybridized carbons (Fsp3) is 0.467. The van der Waals surface area contributed by atoms with Crippen molar-refractivity contribution in [1.82, 2.24) is 10.2 Å². The van der Waals surface area contributed by atoms with Gasteiger partial charge in [0.25, 0.3) is 5.69 Å². The number of amides is 2. The van der Waals surface area contributed by atoms with Crippen molar-refractivity contribution in [3.05, 3.63) is 34.4 Å². The molecule has 1 heterocycles. The molecule has 10 nitrogen and oxygen atoms in total. The molecule has 0 radical (unpaired) electrons. The average Bonchev–Trinajstić information content (AvgIpc) is 2.61. The average molecular weight is 385 g/mol. The third-order valence-electron chi connectivity index (χ3n) is 4.11. The van der Waals surface area contributed by atoms with Crippen LogP contribution in [0.25, 0.3) is 0 Å². The highest BCUT2D eigenvalue weighted by Crippen LogP contribution is 2.18. The molecular weight excluding hydrogens is 366 g/mol. The summed E-state index contributed by atoms with van der Waals surface area (Å²) in [7, 11) is -3.70. The maximum absolute atomic E-state index is 12.2. The summed E-state index contributed by atoms with van der Waals surface area (Å²) in [6, 6.07) is 4.00. The number of nitrogens with zero attached hydrogens (tertiary/aromatic N) is 2. The molecule has 0 bridgehead atoms. The number of hydrogen-bond donors (Lipinski definition) is 2. The minimum atomic E-state index is -3.70. The van der Waals surface area contributed by atoms with Gasteiger partial charge in [0.2, 0.25) is 0 Å². The van der Waals surface area contributed by atoms with Crippen LogP contribution in [0, 0.1) is 16.0 Å². The van der Waals surface area contributed by atoms with Crippen LogP contribution in [0.3, 0.4) is 0 Å². The molecule has 0 saturated carbocycles. The number of hydrogen-bond acceptors (Lipinski definition) is 6. The highest BCUT2D eigenvalue weighted by atomic mass is 32.2. The molecule has 1 unspecified atom stereocenters. The highest BCUT2D eigenvalue weighted by Gasteiger charge is 2.28. The molecule has 2 N–H and O–H groups in total. The number of nitro groups is 1. The van der Waals surface area contributed by atoms with Crippen LogP contribution >= 0.6 is 0 Å². The largest absolute Gasteiger partial charge is 0.481 e. The first-order valence-corrected chi connectivity index (χ1v) is 9.59. The number of carbonyl (C=O) groups excluding carboxylic acids is 1. The number of nitrogens with one attached hydrogen (secondary N) is 1. The van der Waals surface area contributed by atoms with Gasteiger partial charge in [-0.1, -0.05) is 0 Å². The van der Waals surface area contributed by atoms with E-state index in [1.54, 1.807) is 0 Å². The molecule has 142 valence electrons. The summed E-state index contributed by atoms with van der Waals surface area (Å²) < 4.78 is 24.4. The predicted molar refractivity (Wildman–Crippen MR) is 90.5 cm³/mol. The summed E-state index contributed by atoms with van der Waals surface area (Å²) in [4.78, 5) is 34.3. The first kappa shape index (κ1) is 19.6. The second-order valence-electron chi connectivity index (χ2n) is 5.93. The molecule has 2 rings (SSSR count). The number of carboxylic acid groups (broad SMARTS) is 1. The molecule has 1 aromatic rings. The number of benzene rings is 1. The minimum Gasteiger partial charge on any atom is -0.481 e. The Hall–Kier alpha value is -2.69. The molecule has 0 spiro atoms. The van der Waals surface area contributed by atoms with Gasteiger partial charge in [-0.25, -0.2) is 13.2 Å². The lowest BCUT2D eigenvalue weighted by molar-refractivity contribution is -0.384. The van der Waals surface area contributed by atoms with Gasteiger partial charge in [-0.05, 0) is 25.0 Å². The third kappa shape index (κ3) is 4.91. The topological polar surface area (TPSA) is 147 Å². The van der Waals surface area contributed by atoms with Crippen molar-refractivity contribution < 1.29 is 28.0 Å². The van der Waals surface area contributed by atoms with Gasteiger partial charge in [0.05, 0.1) is 21.5 Å². The van der Waals surface area contributed by atoms with E-state index in [4.69, 9.17) is 5.11 Å². The molecule has 2 amide bonds. The van der Waals surface area contributed by atoms with Gasteiger partial charge in [-0.3, -0.25) is 14.9 Å². The molecule has 0 aromatic heterocycles. The maximum Gasteiger partial charge on any atom is 0.317 e. The number of likely N-dealkylation sites (tertiary alicyclic amines) is 1. The molecule has 1 aliphatic heterocycles. The Morgan fingerprint density at radius 3 is 2.54 bits per heavy atom. The molecule has 1 atom stereocenters. The Bertz CT molecular complexity index is 792. The van der Waals surface area contributed by atoms with Crippen molar-refractivity contribution in [2.24, 2.45) is 5.92 Å². The van der Waals surface area contributed by atoms with Crippen LogP contribution in [0.15, 0.2) is 29.2 Å². The van der Waals surface area contributed by atoms with Gasteiger partial charge in [-0.15, -0.1) is 0 Å². The number of non-ortho nitro benzene ring substituents is 1. The molecule has 11 heteroatoms. The normalized spacial score (nSPS) is 17.5. The van der Waals surface area contributed by atoms with Crippen molar-refractivity contribution in [2.75, 3.05) is 25.4 Å². The van der Waals surface area contributed by atoms with Crippen molar-refractivity contribution in [1.29, 1.82) is 0 Å². The first-order chi connectivity index (χ1) is 12.2. The predicted octanol–water partition coefficient (Wildman–Crippen LogP) is 0.875. The Kier molecular flexibility index (Phi) is 6.14. The van der Waals surface area contributed by atoms with Crippen LogP contribution in [-0.2, 0) is 14.6 Å². The Morgan fingerprint density at radius 1 is 1.31 bits per heavy atom. The van der Waals surface area contributed by atoms with Gasteiger partial charge < -0.3 is 15.3 Å². The SMILES string of the molecule is O=C(O)C1CCCN(C(=O)NCCS(=O)(=O)c2ccc([N+](=O)[O-])cc2)C1. The number of nitro benzene ring substituents is 1. The van der Waals surface area contributed by atoms with Gasteiger partial charge >= 0.3 is 12.0 Å². The molecule has 1 saturated heterocycles. The zero-order valence-electron chi connectivity index (χ0n) is 13.8. The van der Waals surface area contributed by atoms with Crippen molar-refractivity contribution in [2.45, 2.75) is 17.7 Å². The fourth-order valence-electron chi connectivity index (χ4n) is 2.66. The fourth-order valence-corrected chi connectivity index (χ4v) is 3.82. The van der Waals surface area contributed by atoms with Crippen LogP contribution < -0.4 is 5.32 Å². The summed E-state index contributed by atoms with van der Waals surface area (Å²) >= 11 is 0. The zero-order valence-corrected chi connectivity index (χ0v) is 14.6. The zero-order chi connectivity index (χ0) is 19.3. The quantitative estimate of drug-likeness (QED) is 0.545. The Balaban J connectivity index is 1.88. The third-order valence-corrected chi connectivity index (χ3v) is 5.84. The summed E-state index contributed by atoms with van der Waals surface area (Å²) in [5.74, 6) is -1.94. The van der Waals surface area contributed by atoms with E-state index in [9.17, 15) is 28.1 Å². The summed E-state index contributed by atoms with van der Waals surface area (Å²) in [5, 5.41) is 22.1. The summed E-state index contributed by atoms with van der Waals surface area (Å²) in [6.45, 7) is 0.368. The number of carboxylic acids is 1.